The second-order valence-corrected chi connectivity index (χ2v) is 8.33. The Balaban J connectivity index is 1.34. The highest BCUT2D eigenvalue weighted by Crippen LogP contribution is 2.28. The van der Waals surface area contributed by atoms with Crippen LogP contribution in [0, 0.1) is 5.82 Å². The Morgan fingerprint density at radius 2 is 1.88 bits per heavy atom. The highest BCUT2D eigenvalue weighted by molar-refractivity contribution is 9.10. The Morgan fingerprint density at radius 3 is 2.62 bits per heavy atom. The molecule has 0 saturated heterocycles. The molecule has 0 unspecified atom stereocenters. The van der Waals surface area contributed by atoms with Crippen molar-refractivity contribution in [2.75, 3.05) is 5.32 Å². The van der Waals surface area contributed by atoms with Gasteiger partial charge in [0.2, 0.25) is 0 Å². The van der Waals surface area contributed by atoms with Crippen LogP contribution in [0.15, 0.2) is 83.5 Å². The van der Waals surface area contributed by atoms with Crippen molar-refractivity contribution in [1.82, 2.24) is 9.78 Å². The highest BCUT2D eigenvalue weighted by Gasteiger charge is 2.10. The number of carbonyl (C=O) groups is 1. The van der Waals surface area contributed by atoms with E-state index in [1.807, 2.05) is 18.2 Å². The lowest BCUT2D eigenvalue weighted by atomic mass is 10.1. The van der Waals surface area contributed by atoms with E-state index in [9.17, 15) is 9.18 Å². The normalized spacial score (nSPS) is 10.7. The van der Waals surface area contributed by atoms with Crippen LogP contribution in [-0.2, 0) is 13.2 Å². The van der Waals surface area contributed by atoms with Crippen LogP contribution in [-0.4, -0.2) is 15.7 Å². The predicted molar refractivity (Wildman–Crippen MR) is 126 cm³/mol. The van der Waals surface area contributed by atoms with E-state index >= 15 is 0 Å². The molecule has 1 N–H and O–H groups in total. The number of nitrogens with zero attached hydrogens (tertiary/aromatic N) is 2. The van der Waals surface area contributed by atoms with Crippen molar-refractivity contribution in [2.45, 2.75) is 13.2 Å². The summed E-state index contributed by atoms with van der Waals surface area (Å²) in [6.07, 6.45) is 1.69. The van der Waals surface area contributed by atoms with Crippen molar-refractivity contribution >= 4 is 39.3 Å². The molecular weight excluding hydrogens is 497 g/mol. The van der Waals surface area contributed by atoms with Gasteiger partial charge in [-0.3, -0.25) is 9.48 Å². The Bertz CT molecular complexity index is 1240. The van der Waals surface area contributed by atoms with Gasteiger partial charge in [0, 0.05) is 27.9 Å². The first-order chi connectivity index (χ1) is 15.5. The fraction of sp³-hybridized carbons (Fsp3) is 0.0833. The summed E-state index contributed by atoms with van der Waals surface area (Å²) < 4.78 is 22.0. The van der Waals surface area contributed by atoms with Crippen molar-refractivity contribution in [2.24, 2.45) is 0 Å². The maximum absolute atomic E-state index is 13.8. The third kappa shape index (κ3) is 5.55. The molecule has 32 heavy (non-hydrogen) atoms. The zero-order valence-electron chi connectivity index (χ0n) is 16.8. The maximum Gasteiger partial charge on any atom is 0.256 e. The summed E-state index contributed by atoms with van der Waals surface area (Å²) in [5.41, 5.74) is 1.91. The summed E-state index contributed by atoms with van der Waals surface area (Å²) in [7, 11) is 0. The topological polar surface area (TPSA) is 56.2 Å². The van der Waals surface area contributed by atoms with Crippen LogP contribution in [0.5, 0.6) is 5.75 Å². The molecule has 4 aromatic rings. The quantitative estimate of drug-likeness (QED) is 0.314. The summed E-state index contributed by atoms with van der Waals surface area (Å²) in [5, 5.41) is 7.56. The molecule has 1 heterocycles. The maximum atomic E-state index is 13.8. The Labute approximate surface area is 197 Å². The molecule has 162 valence electrons. The van der Waals surface area contributed by atoms with E-state index in [4.69, 9.17) is 16.3 Å². The minimum absolute atomic E-state index is 0.277. The van der Waals surface area contributed by atoms with Crippen molar-refractivity contribution in [3.05, 3.63) is 111 Å². The molecule has 5 nitrogen and oxygen atoms in total. The minimum atomic E-state index is -0.292. The average molecular weight is 515 g/mol. The van der Waals surface area contributed by atoms with Gasteiger partial charge in [0.25, 0.3) is 5.91 Å². The molecule has 0 aliphatic rings. The number of anilines is 1. The number of amides is 1. The molecule has 1 aromatic heterocycles. The first kappa shape index (κ1) is 22.0. The van der Waals surface area contributed by atoms with Crippen LogP contribution < -0.4 is 10.1 Å². The molecule has 0 saturated carbocycles. The lowest BCUT2D eigenvalue weighted by Crippen LogP contribution is -2.13. The second-order valence-electron chi connectivity index (χ2n) is 7.00. The molecule has 0 fully saturated rings. The number of hydrogen-bond donors (Lipinski definition) is 1. The number of carbonyl (C=O) groups excluding carboxylic acids is 1. The standard InChI is InChI=1S/C24H18BrClFN3O2/c25-19-9-10-22(20(26)13-19)32-15-16-5-7-17(8-6-16)24(31)28-23-11-12-30(29-23)14-18-3-1-2-4-21(18)27/h1-13H,14-15H2,(H,28,29,31). The molecule has 0 atom stereocenters. The summed E-state index contributed by atoms with van der Waals surface area (Å²) in [6, 6.07) is 20.7. The molecule has 8 heteroatoms. The van der Waals surface area contributed by atoms with Crippen LogP contribution >= 0.6 is 27.5 Å². The zero-order chi connectivity index (χ0) is 22.5. The van der Waals surface area contributed by atoms with E-state index < -0.39 is 0 Å². The predicted octanol–water partition coefficient (Wildman–Crippen LogP) is 6.32. The van der Waals surface area contributed by atoms with Gasteiger partial charge >= 0.3 is 0 Å². The van der Waals surface area contributed by atoms with Gasteiger partial charge in [-0.15, -0.1) is 0 Å². The molecule has 1 amide bonds. The van der Waals surface area contributed by atoms with Crippen LogP contribution in [0.2, 0.25) is 5.02 Å². The molecule has 3 aromatic carbocycles. The zero-order valence-corrected chi connectivity index (χ0v) is 19.1. The van der Waals surface area contributed by atoms with Crippen molar-refractivity contribution in [3.8, 4) is 5.75 Å². The summed E-state index contributed by atoms with van der Waals surface area (Å²) >= 11 is 9.52. The van der Waals surface area contributed by atoms with E-state index in [0.29, 0.717) is 34.3 Å². The third-order valence-corrected chi connectivity index (χ3v) is 5.47. The molecule has 4 rings (SSSR count). The van der Waals surface area contributed by atoms with E-state index in [1.54, 1.807) is 59.4 Å². The monoisotopic (exact) mass is 513 g/mol. The van der Waals surface area contributed by atoms with Gasteiger partial charge in [-0.2, -0.15) is 5.10 Å². The number of rotatable bonds is 7. The number of aromatic nitrogens is 2. The number of benzene rings is 3. The van der Waals surface area contributed by atoms with Gasteiger partial charge in [-0.05, 0) is 42.0 Å². The molecule has 0 radical (unpaired) electrons. The fourth-order valence-corrected chi connectivity index (χ4v) is 3.74. The van der Waals surface area contributed by atoms with Crippen LogP contribution in [0.4, 0.5) is 10.2 Å². The first-order valence-corrected chi connectivity index (χ1v) is 10.9. The van der Waals surface area contributed by atoms with E-state index in [2.05, 4.69) is 26.3 Å². The first-order valence-electron chi connectivity index (χ1n) is 9.73. The van der Waals surface area contributed by atoms with Gasteiger partial charge in [0.1, 0.15) is 18.2 Å². The smallest absolute Gasteiger partial charge is 0.256 e. The van der Waals surface area contributed by atoms with Crippen LogP contribution in [0.3, 0.4) is 0 Å². The van der Waals surface area contributed by atoms with E-state index in [1.165, 1.54) is 6.07 Å². The van der Waals surface area contributed by atoms with E-state index in [0.717, 1.165) is 10.0 Å². The summed E-state index contributed by atoms with van der Waals surface area (Å²) in [4.78, 5) is 12.5. The van der Waals surface area contributed by atoms with Gasteiger partial charge in [0.15, 0.2) is 5.82 Å². The van der Waals surface area contributed by atoms with Crippen molar-refractivity contribution in [3.63, 3.8) is 0 Å². The number of nitrogens with one attached hydrogen (secondary N) is 1. The van der Waals surface area contributed by atoms with Gasteiger partial charge in [-0.1, -0.05) is 57.9 Å². The molecule has 0 spiro atoms. The lowest BCUT2D eigenvalue weighted by molar-refractivity contribution is 0.102. The van der Waals surface area contributed by atoms with Gasteiger partial charge in [-0.25, -0.2) is 4.39 Å². The largest absolute Gasteiger partial charge is 0.487 e. The highest BCUT2D eigenvalue weighted by atomic mass is 79.9. The fourth-order valence-electron chi connectivity index (χ4n) is 3.01. The van der Waals surface area contributed by atoms with Crippen molar-refractivity contribution < 1.29 is 13.9 Å². The van der Waals surface area contributed by atoms with E-state index in [-0.39, 0.29) is 18.3 Å². The Kier molecular flexibility index (Phi) is 6.87. The minimum Gasteiger partial charge on any atom is -0.487 e. The average Bonchev–Trinajstić information content (AvgIpc) is 3.22. The molecule has 0 bridgehead atoms. The van der Waals surface area contributed by atoms with Gasteiger partial charge in [0.05, 0.1) is 11.6 Å². The Morgan fingerprint density at radius 1 is 1.09 bits per heavy atom. The van der Waals surface area contributed by atoms with Crippen LogP contribution in [0.1, 0.15) is 21.5 Å². The number of hydrogen-bond acceptors (Lipinski definition) is 3. The Hall–Kier alpha value is -3.16. The lowest BCUT2D eigenvalue weighted by Gasteiger charge is -2.09. The number of halogens is 3. The molecular formula is C24H18BrClFN3O2. The molecule has 0 aliphatic heterocycles. The summed E-state index contributed by atoms with van der Waals surface area (Å²) in [6.45, 7) is 0.601. The van der Waals surface area contributed by atoms with Gasteiger partial charge < -0.3 is 10.1 Å². The second kappa shape index (κ2) is 9.97. The number of ether oxygens (including phenoxy) is 1. The SMILES string of the molecule is O=C(Nc1ccn(Cc2ccccc2F)n1)c1ccc(COc2ccc(Br)cc2Cl)cc1. The summed E-state index contributed by atoms with van der Waals surface area (Å²) in [5.74, 6) is 0.399. The van der Waals surface area contributed by atoms with Crippen molar-refractivity contribution in [1.29, 1.82) is 0 Å². The van der Waals surface area contributed by atoms with Crippen LogP contribution in [0.25, 0.3) is 0 Å². The molecule has 0 aliphatic carbocycles. The third-order valence-electron chi connectivity index (χ3n) is 4.68.